The summed E-state index contributed by atoms with van der Waals surface area (Å²) in [7, 11) is 0. The Balaban J connectivity index is 2.03. The quantitative estimate of drug-likeness (QED) is 0.710. The third-order valence-electron chi connectivity index (χ3n) is 2.15. The summed E-state index contributed by atoms with van der Waals surface area (Å²) in [4.78, 5) is 3.99. The Bertz CT molecular complexity index is 354. The SMILES string of the molecule is CC1C=CC(Oc2cccnc2)=CC1. The van der Waals surface area contributed by atoms with E-state index in [0.29, 0.717) is 5.92 Å². The van der Waals surface area contributed by atoms with Gasteiger partial charge in [0.25, 0.3) is 0 Å². The number of rotatable bonds is 2. The minimum Gasteiger partial charge on any atom is -0.456 e. The van der Waals surface area contributed by atoms with Crippen LogP contribution < -0.4 is 4.74 Å². The van der Waals surface area contributed by atoms with Crippen molar-refractivity contribution in [1.82, 2.24) is 4.98 Å². The van der Waals surface area contributed by atoms with Gasteiger partial charge in [0.2, 0.25) is 0 Å². The van der Waals surface area contributed by atoms with E-state index in [2.05, 4.69) is 24.1 Å². The van der Waals surface area contributed by atoms with Crippen LogP contribution in [0.2, 0.25) is 0 Å². The molecule has 0 spiro atoms. The largest absolute Gasteiger partial charge is 0.456 e. The zero-order valence-corrected chi connectivity index (χ0v) is 8.18. The molecule has 1 aliphatic carbocycles. The van der Waals surface area contributed by atoms with E-state index in [-0.39, 0.29) is 0 Å². The number of hydrogen-bond acceptors (Lipinski definition) is 2. The molecule has 0 fully saturated rings. The van der Waals surface area contributed by atoms with E-state index in [1.807, 2.05) is 18.2 Å². The first-order valence-electron chi connectivity index (χ1n) is 4.81. The van der Waals surface area contributed by atoms with E-state index >= 15 is 0 Å². The van der Waals surface area contributed by atoms with Crippen LogP contribution in [0, 0.1) is 5.92 Å². The molecule has 72 valence electrons. The number of allylic oxidation sites excluding steroid dienone is 3. The number of hydrogen-bond donors (Lipinski definition) is 0. The molecule has 2 rings (SSSR count). The lowest BCUT2D eigenvalue weighted by Gasteiger charge is -2.12. The molecule has 1 atom stereocenters. The van der Waals surface area contributed by atoms with Crippen molar-refractivity contribution >= 4 is 0 Å². The minimum atomic E-state index is 0.622. The van der Waals surface area contributed by atoms with Gasteiger partial charge in [0, 0.05) is 6.20 Å². The van der Waals surface area contributed by atoms with Crippen molar-refractivity contribution in [3.63, 3.8) is 0 Å². The van der Waals surface area contributed by atoms with Crippen molar-refractivity contribution in [2.45, 2.75) is 13.3 Å². The lowest BCUT2D eigenvalue weighted by molar-refractivity contribution is 0.433. The maximum absolute atomic E-state index is 5.62. The van der Waals surface area contributed by atoms with Gasteiger partial charge in [-0.1, -0.05) is 13.0 Å². The third-order valence-corrected chi connectivity index (χ3v) is 2.15. The Morgan fingerprint density at radius 3 is 3.07 bits per heavy atom. The second-order valence-electron chi connectivity index (χ2n) is 3.47. The monoisotopic (exact) mass is 187 g/mol. The van der Waals surface area contributed by atoms with Crippen LogP contribution in [-0.2, 0) is 0 Å². The summed E-state index contributed by atoms with van der Waals surface area (Å²) < 4.78 is 5.62. The average molecular weight is 187 g/mol. The van der Waals surface area contributed by atoms with Gasteiger partial charge in [0.05, 0.1) is 6.20 Å². The molecule has 0 saturated carbocycles. The Morgan fingerprint density at radius 2 is 2.43 bits per heavy atom. The van der Waals surface area contributed by atoms with E-state index in [9.17, 15) is 0 Å². The van der Waals surface area contributed by atoms with Gasteiger partial charge in [0.15, 0.2) is 0 Å². The molecule has 2 heteroatoms. The predicted molar refractivity (Wildman–Crippen MR) is 55.9 cm³/mol. The highest BCUT2D eigenvalue weighted by molar-refractivity contribution is 5.25. The van der Waals surface area contributed by atoms with Gasteiger partial charge in [0.1, 0.15) is 11.5 Å². The molecule has 1 heterocycles. The molecule has 1 aromatic heterocycles. The number of pyridine rings is 1. The van der Waals surface area contributed by atoms with Crippen molar-refractivity contribution in [1.29, 1.82) is 0 Å². The Hall–Kier alpha value is -1.57. The summed E-state index contributed by atoms with van der Waals surface area (Å²) in [6.07, 6.45) is 10.8. The zero-order valence-electron chi connectivity index (χ0n) is 8.18. The minimum absolute atomic E-state index is 0.622. The van der Waals surface area contributed by atoms with Gasteiger partial charge < -0.3 is 4.74 Å². The van der Waals surface area contributed by atoms with Crippen molar-refractivity contribution in [2.75, 3.05) is 0 Å². The van der Waals surface area contributed by atoms with Crippen LogP contribution in [0.3, 0.4) is 0 Å². The molecular formula is C12H13NO. The van der Waals surface area contributed by atoms with Crippen molar-refractivity contribution < 1.29 is 4.74 Å². The van der Waals surface area contributed by atoms with Gasteiger partial charge in [-0.2, -0.15) is 0 Å². The maximum atomic E-state index is 5.62. The van der Waals surface area contributed by atoms with Crippen molar-refractivity contribution in [3.8, 4) is 5.75 Å². The highest BCUT2D eigenvalue weighted by Gasteiger charge is 2.04. The number of ether oxygens (including phenoxy) is 1. The van der Waals surface area contributed by atoms with Crippen molar-refractivity contribution in [2.24, 2.45) is 5.92 Å². The molecule has 1 unspecified atom stereocenters. The molecule has 1 aliphatic rings. The average Bonchev–Trinajstić information content (AvgIpc) is 2.23. The highest BCUT2D eigenvalue weighted by Crippen LogP contribution is 2.19. The lowest BCUT2D eigenvalue weighted by Crippen LogP contribution is -2.00. The van der Waals surface area contributed by atoms with E-state index < -0.39 is 0 Å². The summed E-state index contributed by atoms with van der Waals surface area (Å²) in [6.45, 7) is 2.19. The van der Waals surface area contributed by atoms with Crippen LogP contribution in [0.15, 0.2) is 48.5 Å². The van der Waals surface area contributed by atoms with Crippen LogP contribution in [0.1, 0.15) is 13.3 Å². The van der Waals surface area contributed by atoms with Crippen LogP contribution in [-0.4, -0.2) is 4.98 Å². The fraction of sp³-hybridized carbons (Fsp3) is 0.250. The third kappa shape index (κ3) is 2.22. The summed E-state index contributed by atoms with van der Waals surface area (Å²) in [6, 6.07) is 3.77. The lowest BCUT2D eigenvalue weighted by atomic mass is 10.0. The first kappa shape index (κ1) is 9.00. The topological polar surface area (TPSA) is 22.1 Å². The molecule has 0 aliphatic heterocycles. The molecule has 0 aromatic carbocycles. The summed E-state index contributed by atoms with van der Waals surface area (Å²) in [5.41, 5.74) is 0. The molecule has 14 heavy (non-hydrogen) atoms. The van der Waals surface area contributed by atoms with E-state index in [1.54, 1.807) is 12.4 Å². The molecule has 0 radical (unpaired) electrons. The van der Waals surface area contributed by atoms with E-state index in [0.717, 1.165) is 17.9 Å². The normalized spacial score (nSPS) is 20.4. The fourth-order valence-corrected chi connectivity index (χ4v) is 1.33. The van der Waals surface area contributed by atoms with Crippen LogP contribution >= 0.6 is 0 Å². The first-order chi connectivity index (χ1) is 6.84. The Labute approximate surface area is 83.9 Å². The predicted octanol–water partition coefficient (Wildman–Crippen LogP) is 2.94. The summed E-state index contributed by atoms with van der Waals surface area (Å²) >= 11 is 0. The smallest absolute Gasteiger partial charge is 0.145 e. The second kappa shape index (κ2) is 4.09. The molecular weight excluding hydrogens is 174 g/mol. The Kier molecular flexibility index (Phi) is 2.63. The zero-order chi connectivity index (χ0) is 9.80. The Morgan fingerprint density at radius 1 is 1.50 bits per heavy atom. The standard InChI is InChI=1S/C12H13NO/c1-10-4-6-11(7-5-10)14-12-3-2-8-13-9-12/h2-4,6-10H,5H2,1H3. The molecule has 1 aromatic rings. The first-order valence-corrected chi connectivity index (χ1v) is 4.81. The molecule has 0 saturated heterocycles. The van der Waals surface area contributed by atoms with E-state index in [1.165, 1.54) is 0 Å². The van der Waals surface area contributed by atoms with Crippen LogP contribution in [0.4, 0.5) is 0 Å². The van der Waals surface area contributed by atoms with Gasteiger partial charge in [-0.3, -0.25) is 4.98 Å². The highest BCUT2D eigenvalue weighted by atomic mass is 16.5. The fourth-order valence-electron chi connectivity index (χ4n) is 1.33. The van der Waals surface area contributed by atoms with Crippen molar-refractivity contribution in [3.05, 3.63) is 48.5 Å². The summed E-state index contributed by atoms with van der Waals surface area (Å²) in [5.74, 6) is 2.32. The van der Waals surface area contributed by atoms with Gasteiger partial charge in [-0.05, 0) is 36.6 Å². The van der Waals surface area contributed by atoms with Crippen LogP contribution in [0.25, 0.3) is 0 Å². The second-order valence-corrected chi connectivity index (χ2v) is 3.47. The van der Waals surface area contributed by atoms with Gasteiger partial charge in [-0.15, -0.1) is 0 Å². The molecule has 2 nitrogen and oxygen atoms in total. The number of nitrogens with zero attached hydrogens (tertiary/aromatic N) is 1. The van der Waals surface area contributed by atoms with E-state index in [4.69, 9.17) is 4.74 Å². The molecule has 0 N–H and O–H groups in total. The van der Waals surface area contributed by atoms with Crippen LogP contribution in [0.5, 0.6) is 5.75 Å². The molecule has 0 amide bonds. The van der Waals surface area contributed by atoms with Gasteiger partial charge >= 0.3 is 0 Å². The summed E-state index contributed by atoms with van der Waals surface area (Å²) in [5, 5.41) is 0. The maximum Gasteiger partial charge on any atom is 0.145 e. The molecule has 0 bridgehead atoms. The van der Waals surface area contributed by atoms with Gasteiger partial charge in [-0.25, -0.2) is 0 Å². The number of aromatic nitrogens is 1.